The van der Waals surface area contributed by atoms with Crippen LogP contribution in [0.4, 0.5) is 16.3 Å². The lowest BCUT2D eigenvalue weighted by Crippen LogP contribution is -2.33. The van der Waals surface area contributed by atoms with E-state index in [1.807, 2.05) is 36.4 Å². The predicted octanol–water partition coefficient (Wildman–Crippen LogP) is 2.37. The van der Waals surface area contributed by atoms with E-state index in [4.69, 9.17) is 4.74 Å². The molecule has 1 saturated heterocycles. The third-order valence-corrected chi connectivity index (χ3v) is 6.71. The van der Waals surface area contributed by atoms with Crippen LogP contribution in [0, 0.1) is 0 Å². The van der Waals surface area contributed by atoms with Crippen molar-refractivity contribution < 1.29 is 24.9 Å². The number of benzene rings is 2. The predicted molar refractivity (Wildman–Crippen MR) is 133 cm³/mol. The van der Waals surface area contributed by atoms with Crippen LogP contribution in [0.1, 0.15) is 11.8 Å². The summed E-state index contributed by atoms with van der Waals surface area (Å²) in [4.78, 5) is 25.8. The Hall–Kier alpha value is -3.55. The molecule has 0 spiro atoms. The molecule has 3 heterocycles. The number of carbonyl (C=O) groups excluding carboxylic acids is 1. The van der Waals surface area contributed by atoms with Gasteiger partial charge in [-0.3, -0.25) is 9.88 Å². The first kappa shape index (κ1) is 24.2. The molecule has 0 bridgehead atoms. The molecule has 1 fully saturated rings. The molecule has 36 heavy (non-hydrogen) atoms. The van der Waals surface area contributed by atoms with Crippen LogP contribution in [0.25, 0.3) is 11.2 Å². The van der Waals surface area contributed by atoms with Crippen molar-refractivity contribution in [3.8, 4) is 0 Å². The van der Waals surface area contributed by atoms with Crippen molar-refractivity contribution in [2.24, 2.45) is 0 Å². The smallest absolute Gasteiger partial charge is 0.324 e. The van der Waals surface area contributed by atoms with Gasteiger partial charge in [0, 0.05) is 11.4 Å². The van der Waals surface area contributed by atoms with E-state index >= 15 is 0 Å². The van der Waals surface area contributed by atoms with Gasteiger partial charge in [0.2, 0.25) is 0 Å². The molecule has 0 radical (unpaired) electrons. The van der Waals surface area contributed by atoms with Crippen LogP contribution in [0.5, 0.6) is 0 Å². The number of amides is 2. The van der Waals surface area contributed by atoms with Gasteiger partial charge in [-0.2, -0.15) is 0 Å². The average Bonchev–Trinajstić information content (AvgIpc) is 3.41. The molecule has 186 valence electrons. The highest BCUT2D eigenvalue weighted by Gasteiger charge is 2.45. The molecule has 5 rings (SSSR count). The maximum atomic E-state index is 12.6. The highest BCUT2D eigenvalue weighted by atomic mass is 32.2. The Morgan fingerprint density at radius 3 is 2.42 bits per heavy atom. The van der Waals surface area contributed by atoms with Crippen LogP contribution in [0.15, 0.2) is 72.1 Å². The first-order valence-corrected chi connectivity index (χ1v) is 12.2. The molecule has 2 aromatic carbocycles. The fourth-order valence-corrected chi connectivity index (χ4v) is 4.89. The number of rotatable bonds is 7. The van der Waals surface area contributed by atoms with Gasteiger partial charge in [0.05, 0.1) is 6.61 Å². The summed E-state index contributed by atoms with van der Waals surface area (Å²) in [5.74, 6) is 0.726. The topological polar surface area (TPSA) is 155 Å². The van der Waals surface area contributed by atoms with Crippen molar-refractivity contribution in [2.75, 3.05) is 17.2 Å². The van der Waals surface area contributed by atoms with Crippen molar-refractivity contribution in [3.63, 3.8) is 0 Å². The summed E-state index contributed by atoms with van der Waals surface area (Å²) in [6.07, 6.45) is -3.37. The Balaban J connectivity index is 1.50. The first-order chi connectivity index (χ1) is 17.5. The summed E-state index contributed by atoms with van der Waals surface area (Å²) in [5.41, 5.74) is 2.24. The van der Waals surface area contributed by atoms with E-state index in [1.54, 1.807) is 28.8 Å². The largest absolute Gasteiger partial charge is 0.394 e. The van der Waals surface area contributed by atoms with Gasteiger partial charge in [0.15, 0.2) is 28.4 Å². The van der Waals surface area contributed by atoms with Gasteiger partial charge in [-0.25, -0.2) is 19.7 Å². The van der Waals surface area contributed by atoms with Gasteiger partial charge in [0.25, 0.3) is 0 Å². The zero-order valence-corrected chi connectivity index (χ0v) is 19.7. The number of thioether (sulfide) groups is 1. The minimum absolute atomic E-state index is 0.167. The first-order valence-electron chi connectivity index (χ1n) is 11.2. The number of nitrogens with one attached hydrogen (secondary N) is 2. The number of aliphatic hydroxyl groups is 3. The van der Waals surface area contributed by atoms with E-state index in [9.17, 15) is 20.1 Å². The summed E-state index contributed by atoms with van der Waals surface area (Å²) >= 11 is 1.38. The Bertz CT molecular complexity index is 1340. The normalized spacial score (nSPS) is 21.5. The van der Waals surface area contributed by atoms with Crippen LogP contribution in [0.2, 0.25) is 0 Å². The number of aromatic nitrogens is 4. The summed E-state index contributed by atoms with van der Waals surface area (Å²) in [6.45, 7) is -0.463. The minimum atomic E-state index is -1.33. The monoisotopic (exact) mass is 508 g/mol. The Morgan fingerprint density at radius 1 is 1.00 bits per heavy atom. The average molecular weight is 509 g/mol. The Labute approximate surface area is 210 Å². The number of fused-ring (bicyclic) bond motifs is 1. The maximum Gasteiger partial charge on any atom is 0.324 e. The number of hydrogen-bond donors (Lipinski definition) is 5. The molecule has 2 unspecified atom stereocenters. The van der Waals surface area contributed by atoms with Crippen LogP contribution in [-0.2, 0) is 10.5 Å². The van der Waals surface area contributed by atoms with E-state index in [0.717, 1.165) is 5.56 Å². The number of urea groups is 1. The number of para-hydroxylation sites is 1. The number of imidazole rings is 1. The summed E-state index contributed by atoms with van der Waals surface area (Å²) in [5, 5.41) is 36.5. The van der Waals surface area contributed by atoms with Crippen LogP contribution >= 0.6 is 11.8 Å². The van der Waals surface area contributed by atoms with Gasteiger partial charge in [-0.05, 0) is 17.7 Å². The third kappa shape index (κ3) is 4.90. The lowest BCUT2D eigenvalue weighted by atomic mass is 10.1. The zero-order chi connectivity index (χ0) is 25.1. The fourth-order valence-electron chi connectivity index (χ4n) is 3.92. The molecule has 0 saturated carbocycles. The number of nitrogens with zero attached hydrogens (tertiary/aromatic N) is 4. The van der Waals surface area contributed by atoms with Crippen molar-refractivity contribution in [1.29, 1.82) is 0 Å². The van der Waals surface area contributed by atoms with E-state index < -0.39 is 37.2 Å². The van der Waals surface area contributed by atoms with Crippen molar-refractivity contribution >= 4 is 40.5 Å². The van der Waals surface area contributed by atoms with Gasteiger partial charge in [0.1, 0.15) is 24.6 Å². The summed E-state index contributed by atoms with van der Waals surface area (Å²) in [6, 6.07) is 18.2. The fraction of sp³-hybridized carbons (Fsp3) is 0.250. The lowest BCUT2D eigenvalue weighted by molar-refractivity contribution is -0.0548. The molecule has 0 aliphatic carbocycles. The van der Waals surface area contributed by atoms with E-state index in [-0.39, 0.29) is 11.3 Å². The molecule has 12 heteroatoms. The standard InChI is InChI=1S/C24H24N6O5S/c31-11-16-18(32)19(33)22(35-16)30-21-17(28-24(30)36-12-14-7-3-1-4-8-14)20(25-13-26-21)29-23(34)27-15-9-5-2-6-10-15/h1-10,13,16,18-19,22,31-33H,11-12H2,(H2,25,26,27,29,34)/t16-,18?,19?,22-/m1/s1. The summed E-state index contributed by atoms with van der Waals surface area (Å²) in [7, 11) is 0. The molecule has 2 amide bonds. The van der Waals surface area contributed by atoms with Crippen LogP contribution < -0.4 is 10.6 Å². The molecule has 4 atom stereocenters. The van der Waals surface area contributed by atoms with Crippen molar-refractivity contribution in [1.82, 2.24) is 19.5 Å². The molecule has 1 aliphatic rings. The molecule has 11 nitrogen and oxygen atoms in total. The van der Waals surface area contributed by atoms with Gasteiger partial charge >= 0.3 is 6.03 Å². The summed E-state index contributed by atoms with van der Waals surface area (Å²) < 4.78 is 7.34. The SMILES string of the molecule is O=C(Nc1ccccc1)Nc1ncnc2c1nc(SCc1ccccc1)n2[C@@H]1O[C@H](CO)C(O)C1O. The van der Waals surface area contributed by atoms with E-state index in [0.29, 0.717) is 22.2 Å². The van der Waals surface area contributed by atoms with Crippen molar-refractivity contribution in [2.45, 2.75) is 35.4 Å². The second-order valence-corrected chi connectivity index (χ2v) is 9.05. The van der Waals surface area contributed by atoms with Crippen molar-refractivity contribution in [3.05, 3.63) is 72.6 Å². The molecule has 2 aromatic heterocycles. The van der Waals surface area contributed by atoms with Gasteiger partial charge in [-0.15, -0.1) is 0 Å². The number of aliphatic hydroxyl groups excluding tert-OH is 3. The molecular formula is C24H24N6O5S. The number of anilines is 2. The maximum absolute atomic E-state index is 12.6. The quantitative estimate of drug-likeness (QED) is 0.237. The molecule has 5 N–H and O–H groups in total. The van der Waals surface area contributed by atoms with Crippen LogP contribution in [-0.4, -0.2) is 65.8 Å². The van der Waals surface area contributed by atoms with E-state index in [2.05, 4.69) is 25.6 Å². The number of ether oxygens (including phenoxy) is 1. The lowest BCUT2D eigenvalue weighted by Gasteiger charge is -2.19. The van der Waals surface area contributed by atoms with Gasteiger partial charge < -0.3 is 25.4 Å². The highest BCUT2D eigenvalue weighted by molar-refractivity contribution is 7.98. The molecule has 4 aromatic rings. The number of hydrogen-bond acceptors (Lipinski definition) is 9. The third-order valence-electron chi connectivity index (χ3n) is 5.69. The zero-order valence-electron chi connectivity index (χ0n) is 18.9. The van der Waals surface area contributed by atoms with E-state index in [1.165, 1.54) is 18.1 Å². The highest BCUT2D eigenvalue weighted by Crippen LogP contribution is 2.37. The minimum Gasteiger partial charge on any atom is -0.394 e. The van der Waals surface area contributed by atoms with Gasteiger partial charge in [-0.1, -0.05) is 60.3 Å². The Morgan fingerprint density at radius 2 is 1.72 bits per heavy atom. The second kappa shape index (κ2) is 10.6. The molecule has 1 aliphatic heterocycles. The molecular weight excluding hydrogens is 484 g/mol. The van der Waals surface area contributed by atoms with Crippen LogP contribution in [0.3, 0.4) is 0 Å². The second-order valence-electron chi connectivity index (χ2n) is 8.11. The Kier molecular flexibility index (Phi) is 7.11. The number of carbonyl (C=O) groups is 1.